The van der Waals surface area contributed by atoms with E-state index in [1.54, 1.807) is 0 Å². The largest absolute Gasteiger partial charge is 0.355 e. The fraction of sp³-hybridized carbons (Fsp3) is 0.273. The first kappa shape index (κ1) is 12.5. The zero-order valence-corrected chi connectivity index (χ0v) is 9.44. The molecule has 0 saturated carbocycles. The summed E-state index contributed by atoms with van der Waals surface area (Å²) in [6.07, 6.45) is 1.67. The summed E-state index contributed by atoms with van der Waals surface area (Å²) in [7, 11) is 0. The minimum Gasteiger partial charge on any atom is -0.355 e. The van der Waals surface area contributed by atoms with Crippen molar-refractivity contribution < 1.29 is 9.18 Å². The maximum Gasteiger partial charge on any atom is 0.228 e. The van der Waals surface area contributed by atoms with Crippen molar-refractivity contribution in [2.24, 2.45) is 0 Å². The highest BCUT2D eigenvalue weighted by Crippen LogP contribution is 2.10. The molecule has 0 fully saturated rings. The number of nitrogens with zero attached hydrogens (tertiary/aromatic N) is 1. The van der Waals surface area contributed by atoms with Crippen LogP contribution in [0.4, 0.5) is 4.39 Å². The number of hydrogen-bond acceptors (Lipinski definition) is 2. The molecule has 0 radical (unpaired) electrons. The van der Waals surface area contributed by atoms with Gasteiger partial charge in [-0.2, -0.15) is 4.39 Å². The van der Waals surface area contributed by atoms with Gasteiger partial charge in [0.05, 0.1) is 10.6 Å². The van der Waals surface area contributed by atoms with Crippen molar-refractivity contribution in [1.29, 1.82) is 0 Å². The van der Waals surface area contributed by atoms with E-state index in [1.807, 2.05) is 0 Å². The van der Waals surface area contributed by atoms with E-state index in [9.17, 15) is 9.18 Å². The topological polar surface area (TPSA) is 42.0 Å². The molecule has 0 aliphatic heterocycles. The average Bonchev–Trinajstić information content (AvgIpc) is 2.22. The van der Waals surface area contributed by atoms with Crippen LogP contribution in [0.2, 0.25) is 5.02 Å². The van der Waals surface area contributed by atoms with E-state index in [1.165, 1.54) is 19.2 Å². The Labute approximate surface area is 98.0 Å². The second-order valence-corrected chi connectivity index (χ2v) is 3.46. The Hall–Kier alpha value is -1.60. The molecule has 0 bridgehead atoms. The van der Waals surface area contributed by atoms with Crippen molar-refractivity contribution >= 4 is 17.5 Å². The van der Waals surface area contributed by atoms with Crippen LogP contribution in [-0.4, -0.2) is 17.4 Å². The molecular formula is C11H10ClFN2O. The molecule has 1 amide bonds. The summed E-state index contributed by atoms with van der Waals surface area (Å²) in [6.45, 7) is 1.87. The number of carbonyl (C=O) groups excluding carboxylic acids is 1. The molecule has 1 aromatic heterocycles. The number of halogens is 2. The lowest BCUT2D eigenvalue weighted by Gasteiger charge is -1.95. The van der Waals surface area contributed by atoms with Gasteiger partial charge in [0, 0.05) is 26.1 Å². The molecule has 1 N–H and O–H groups in total. The minimum absolute atomic E-state index is 0.114. The van der Waals surface area contributed by atoms with E-state index in [2.05, 4.69) is 22.1 Å². The summed E-state index contributed by atoms with van der Waals surface area (Å²) in [4.78, 5) is 14.0. The predicted molar refractivity (Wildman–Crippen MR) is 59.4 cm³/mol. The molecule has 0 aliphatic rings. The first-order valence-electron chi connectivity index (χ1n) is 4.64. The predicted octanol–water partition coefficient (Wildman–Crippen LogP) is 1.75. The Morgan fingerprint density at radius 1 is 1.69 bits per heavy atom. The maximum atomic E-state index is 13.1. The second-order valence-electron chi connectivity index (χ2n) is 3.03. The van der Waals surface area contributed by atoms with Gasteiger partial charge in [0.15, 0.2) is 0 Å². The molecule has 3 nitrogen and oxygen atoms in total. The fourth-order valence-electron chi connectivity index (χ4n) is 0.969. The van der Waals surface area contributed by atoms with E-state index in [0.29, 0.717) is 18.0 Å². The van der Waals surface area contributed by atoms with Crippen molar-refractivity contribution in [3.63, 3.8) is 0 Å². The van der Waals surface area contributed by atoms with Gasteiger partial charge < -0.3 is 5.32 Å². The summed E-state index contributed by atoms with van der Waals surface area (Å²) in [5.74, 6) is 4.57. The van der Waals surface area contributed by atoms with Gasteiger partial charge in [0.1, 0.15) is 0 Å². The zero-order valence-electron chi connectivity index (χ0n) is 8.68. The van der Waals surface area contributed by atoms with E-state index in [4.69, 9.17) is 11.6 Å². The summed E-state index contributed by atoms with van der Waals surface area (Å²) in [5.41, 5.74) is 0.162. The third kappa shape index (κ3) is 4.28. The lowest BCUT2D eigenvalue weighted by Crippen LogP contribution is -2.20. The Balaban J connectivity index is 2.56. The van der Waals surface area contributed by atoms with Gasteiger partial charge in [-0.3, -0.25) is 4.79 Å². The highest BCUT2D eigenvalue weighted by molar-refractivity contribution is 6.30. The van der Waals surface area contributed by atoms with Crippen molar-refractivity contribution in [2.45, 2.75) is 13.3 Å². The molecule has 0 aliphatic carbocycles. The molecule has 0 saturated heterocycles. The van der Waals surface area contributed by atoms with E-state index >= 15 is 0 Å². The molecule has 1 heterocycles. The summed E-state index contributed by atoms with van der Waals surface area (Å²) in [5, 5.41) is 2.92. The molecule has 5 heteroatoms. The van der Waals surface area contributed by atoms with E-state index < -0.39 is 5.95 Å². The number of amides is 1. The number of carbonyl (C=O) groups is 1. The van der Waals surface area contributed by atoms with Gasteiger partial charge in [-0.15, -0.1) is 0 Å². The second kappa shape index (κ2) is 6.09. The van der Waals surface area contributed by atoms with Crippen LogP contribution in [0.15, 0.2) is 12.3 Å². The third-order valence-corrected chi connectivity index (χ3v) is 1.86. The minimum atomic E-state index is -0.642. The van der Waals surface area contributed by atoms with Gasteiger partial charge in [-0.25, -0.2) is 4.98 Å². The van der Waals surface area contributed by atoms with Crippen molar-refractivity contribution in [1.82, 2.24) is 10.3 Å². The third-order valence-electron chi connectivity index (χ3n) is 1.65. The molecule has 84 valence electrons. The van der Waals surface area contributed by atoms with Crippen LogP contribution < -0.4 is 5.32 Å². The van der Waals surface area contributed by atoms with Crippen molar-refractivity contribution in [3.8, 4) is 11.8 Å². The zero-order chi connectivity index (χ0) is 12.0. The number of aromatic nitrogens is 1. The Morgan fingerprint density at radius 2 is 2.44 bits per heavy atom. The Morgan fingerprint density at radius 3 is 3.12 bits per heavy atom. The number of hydrogen-bond donors (Lipinski definition) is 1. The standard InChI is InChI=1S/C11H10ClFN2O/c1-8(16)14-5-3-2-4-9-6-10(12)7-15-11(9)13/h6-7H,3,5H2,1H3,(H,14,16). The quantitative estimate of drug-likeness (QED) is 0.486. The molecular weight excluding hydrogens is 231 g/mol. The Kier molecular flexibility index (Phi) is 4.74. The lowest BCUT2D eigenvalue weighted by atomic mass is 10.2. The molecule has 1 aromatic rings. The first-order valence-corrected chi connectivity index (χ1v) is 5.01. The highest BCUT2D eigenvalue weighted by Gasteiger charge is 2.00. The molecule has 0 aromatic carbocycles. The molecule has 0 atom stereocenters. The van der Waals surface area contributed by atoms with Gasteiger partial charge >= 0.3 is 0 Å². The van der Waals surface area contributed by atoms with E-state index in [0.717, 1.165) is 0 Å². The molecule has 16 heavy (non-hydrogen) atoms. The van der Waals surface area contributed by atoms with Crippen LogP contribution in [0, 0.1) is 17.8 Å². The van der Waals surface area contributed by atoms with Gasteiger partial charge in [-0.1, -0.05) is 23.4 Å². The van der Waals surface area contributed by atoms with Crippen LogP contribution in [0.5, 0.6) is 0 Å². The SMILES string of the molecule is CC(=O)NCCC#Cc1cc(Cl)cnc1F. The number of nitrogens with one attached hydrogen (secondary N) is 1. The van der Waals surface area contributed by atoms with Crippen LogP contribution in [0.3, 0.4) is 0 Å². The first-order chi connectivity index (χ1) is 7.59. The number of pyridine rings is 1. The highest BCUT2D eigenvalue weighted by atomic mass is 35.5. The van der Waals surface area contributed by atoms with Crippen molar-refractivity contribution in [3.05, 3.63) is 28.8 Å². The maximum absolute atomic E-state index is 13.1. The normalized spacial score (nSPS) is 9.19. The van der Waals surface area contributed by atoms with Crippen LogP contribution in [-0.2, 0) is 4.79 Å². The Bertz CT molecular complexity index is 451. The van der Waals surface area contributed by atoms with Crippen LogP contribution >= 0.6 is 11.6 Å². The monoisotopic (exact) mass is 240 g/mol. The van der Waals surface area contributed by atoms with Crippen LogP contribution in [0.25, 0.3) is 0 Å². The lowest BCUT2D eigenvalue weighted by molar-refractivity contribution is -0.118. The summed E-state index contributed by atoms with van der Waals surface area (Å²) < 4.78 is 13.1. The number of rotatable bonds is 2. The van der Waals surface area contributed by atoms with Gasteiger partial charge in [0.25, 0.3) is 0 Å². The van der Waals surface area contributed by atoms with Crippen LogP contribution in [0.1, 0.15) is 18.9 Å². The summed E-state index contributed by atoms with van der Waals surface area (Å²) in [6, 6.07) is 1.41. The van der Waals surface area contributed by atoms with Gasteiger partial charge in [-0.05, 0) is 6.07 Å². The summed E-state index contributed by atoms with van der Waals surface area (Å²) >= 11 is 5.64. The van der Waals surface area contributed by atoms with E-state index in [-0.39, 0.29) is 11.5 Å². The molecule has 0 spiro atoms. The molecule has 0 unspecified atom stereocenters. The molecule has 1 rings (SSSR count). The smallest absolute Gasteiger partial charge is 0.228 e. The fourth-order valence-corrected chi connectivity index (χ4v) is 1.13. The van der Waals surface area contributed by atoms with Crippen molar-refractivity contribution in [2.75, 3.05) is 6.54 Å². The van der Waals surface area contributed by atoms with Gasteiger partial charge in [0.2, 0.25) is 11.9 Å². The average molecular weight is 241 g/mol.